The van der Waals surface area contributed by atoms with Crippen molar-refractivity contribution in [1.82, 2.24) is 10.0 Å². The molecule has 0 atom stereocenters. The van der Waals surface area contributed by atoms with Crippen LogP contribution < -0.4 is 10.0 Å². The molecule has 120 valence electrons. The standard InChI is InChI=1S/C16H28N2O2S/c1-4-12-17-13-14-21(19,20)18-16(2,3)11-10-15-8-6-5-7-9-15/h5-9,17-18H,4,10-14H2,1-3H3. The Morgan fingerprint density at radius 1 is 1.10 bits per heavy atom. The van der Waals surface area contributed by atoms with E-state index in [9.17, 15) is 8.42 Å². The minimum Gasteiger partial charge on any atom is -0.316 e. The van der Waals surface area contributed by atoms with Crippen molar-refractivity contribution in [2.75, 3.05) is 18.8 Å². The second-order valence-electron chi connectivity index (χ2n) is 6.04. The number of hydrogen-bond donors (Lipinski definition) is 2. The molecule has 0 aliphatic carbocycles. The van der Waals surface area contributed by atoms with Gasteiger partial charge in [0, 0.05) is 12.1 Å². The van der Waals surface area contributed by atoms with Crippen LogP contribution in [0.5, 0.6) is 0 Å². The largest absolute Gasteiger partial charge is 0.316 e. The zero-order valence-electron chi connectivity index (χ0n) is 13.4. The molecule has 1 aromatic rings. The van der Waals surface area contributed by atoms with Crippen molar-refractivity contribution in [1.29, 1.82) is 0 Å². The molecule has 0 heterocycles. The molecule has 4 nitrogen and oxygen atoms in total. The summed E-state index contributed by atoms with van der Waals surface area (Å²) in [7, 11) is -3.24. The van der Waals surface area contributed by atoms with Crippen LogP contribution in [-0.4, -0.2) is 32.8 Å². The van der Waals surface area contributed by atoms with E-state index in [4.69, 9.17) is 0 Å². The lowest BCUT2D eigenvalue weighted by Crippen LogP contribution is -2.46. The summed E-state index contributed by atoms with van der Waals surface area (Å²) < 4.78 is 27.0. The monoisotopic (exact) mass is 312 g/mol. The van der Waals surface area contributed by atoms with Crippen molar-refractivity contribution >= 4 is 10.0 Å². The molecule has 0 aliphatic heterocycles. The van der Waals surface area contributed by atoms with Gasteiger partial charge in [-0.3, -0.25) is 0 Å². The summed E-state index contributed by atoms with van der Waals surface area (Å²) in [5.74, 6) is 0.127. The lowest BCUT2D eigenvalue weighted by Gasteiger charge is -2.26. The predicted molar refractivity (Wildman–Crippen MR) is 88.9 cm³/mol. The molecule has 1 aromatic carbocycles. The highest BCUT2D eigenvalue weighted by molar-refractivity contribution is 7.89. The summed E-state index contributed by atoms with van der Waals surface area (Å²) in [6.45, 7) is 7.29. The van der Waals surface area contributed by atoms with E-state index in [1.54, 1.807) is 0 Å². The maximum Gasteiger partial charge on any atom is 0.213 e. The normalized spacial score (nSPS) is 12.5. The van der Waals surface area contributed by atoms with Crippen LogP contribution in [0.25, 0.3) is 0 Å². The Balaban J connectivity index is 2.43. The first-order valence-corrected chi connectivity index (χ1v) is 9.26. The number of rotatable bonds is 10. The number of aryl methyl sites for hydroxylation is 1. The molecule has 0 aliphatic rings. The Bertz CT molecular complexity index is 498. The minimum absolute atomic E-state index is 0.127. The van der Waals surface area contributed by atoms with E-state index in [2.05, 4.69) is 29.1 Å². The van der Waals surface area contributed by atoms with Gasteiger partial charge in [-0.1, -0.05) is 37.3 Å². The Labute approximate surface area is 129 Å². The predicted octanol–water partition coefficient (Wildman–Crippen LogP) is 2.32. The van der Waals surface area contributed by atoms with Gasteiger partial charge in [-0.15, -0.1) is 0 Å². The molecular formula is C16H28N2O2S. The second kappa shape index (κ2) is 8.51. The van der Waals surface area contributed by atoms with Crippen LogP contribution in [0.2, 0.25) is 0 Å². The van der Waals surface area contributed by atoms with Gasteiger partial charge < -0.3 is 5.32 Å². The van der Waals surface area contributed by atoms with Gasteiger partial charge in [0.1, 0.15) is 0 Å². The fourth-order valence-corrected chi connectivity index (χ4v) is 3.59. The molecule has 0 radical (unpaired) electrons. The summed E-state index contributed by atoms with van der Waals surface area (Å²) in [6, 6.07) is 10.1. The van der Waals surface area contributed by atoms with Crippen LogP contribution in [0, 0.1) is 0 Å². The SMILES string of the molecule is CCCNCCS(=O)(=O)NC(C)(C)CCc1ccccc1. The third-order valence-corrected chi connectivity index (χ3v) is 4.89. The Kier molecular flexibility index (Phi) is 7.35. The van der Waals surface area contributed by atoms with Gasteiger partial charge in [-0.05, 0) is 45.2 Å². The van der Waals surface area contributed by atoms with Gasteiger partial charge >= 0.3 is 0 Å². The van der Waals surface area contributed by atoms with Crippen molar-refractivity contribution in [2.24, 2.45) is 0 Å². The fourth-order valence-electron chi connectivity index (χ4n) is 2.13. The smallest absolute Gasteiger partial charge is 0.213 e. The molecule has 1 rings (SSSR count). The summed E-state index contributed by atoms with van der Waals surface area (Å²) in [4.78, 5) is 0. The van der Waals surface area contributed by atoms with Crippen LogP contribution in [0.3, 0.4) is 0 Å². The molecule has 5 heteroatoms. The number of benzene rings is 1. The van der Waals surface area contributed by atoms with Gasteiger partial charge in [-0.25, -0.2) is 13.1 Å². The van der Waals surface area contributed by atoms with E-state index in [0.29, 0.717) is 6.54 Å². The molecule has 0 amide bonds. The average Bonchev–Trinajstić information content (AvgIpc) is 2.42. The first-order valence-electron chi connectivity index (χ1n) is 7.61. The molecule has 0 fully saturated rings. The quantitative estimate of drug-likeness (QED) is 0.652. The maximum atomic E-state index is 12.1. The van der Waals surface area contributed by atoms with E-state index >= 15 is 0 Å². The first kappa shape index (κ1) is 18.1. The highest BCUT2D eigenvalue weighted by Crippen LogP contribution is 2.14. The molecule has 0 aromatic heterocycles. The molecular weight excluding hydrogens is 284 g/mol. The average molecular weight is 312 g/mol. The minimum atomic E-state index is -3.24. The van der Waals surface area contributed by atoms with Gasteiger partial charge in [0.05, 0.1) is 5.75 Å². The van der Waals surface area contributed by atoms with E-state index in [1.165, 1.54) is 5.56 Å². The molecule has 0 spiro atoms. The van der Waals surface area contributed by atoms with Crippen molar-refractivity contribution in [3.8, 4) is 0 Å². The summed E-state index contributed by atoms with van der Waals surface area (Å²) in [6.07, 6.45) is 2.65. The zero-order valence-corrected chi connectivity index (χ0v) is 14.2. The van der Waals surface area contributed by atoms with Crippen molar-refractivity contribution in [2.45, 2.75) is 45.6 Å². The molecule has 21 heavy (non-hydrogen) atoms. The van der Waals surface area contributed by atoms with E-state index < -0.39 is 15.6 Å². The van der Waals surface area contributed by atoms with Crippen molar-refractivity contribution in [3.63, 3.8) is 0 Å². The lowest BCUT2D eigenvalue weighted by atomic mass is 9.97. The highest BCUT2D eigenvalue weighted by Gasteiger charge is 2.24. The second-order valence-corrected chi connectivity index (χ2v) is 7.88. The maximum absolute atomic E-state index is 12.1. The third-order valence-electron chi connectivity index (χ3n) is 3.29. The third kappa shape index (κ3) is 8.19. The topological polar surface area (TPSA) is 58.2 Å². The van der Waals surface area contributed by atoms with E-state index in [1.807, 2.05) is 32.0 Å². The molecule has 0 bridgehead atoms. The Morgan fingerprint density at radius 3 is 2.38 bits per heavy atom. The van der Waals surface area contributed by atoms with Gasteiger partial charge in [0.25, 0.3) is 0 Å². The Hall–Kier alpha value is -0.910. The van der Waals surface area contributed by atoms with Crippen molar-refractivity contribution < 1.29 is 8.42 Å². The summed E-state index contributed by atoms with van der Waals surface area (Å²) in [5, 5.41) is 3.12. The first-order chi connectivity index (χ1) is 9.85. The van der Waals surface area contributed by atoms with E-state index in [0.717, 1.165) is 25.8 Å². The summed E-state index contributed by atoms with van der Waals surface area (Å²) >= 11 is 0. The number of hydrogen-bond acceptors (Lipinski definition) is 3. The van der Waals surface area contributed by atoms with Gasteiger partial charge in [0.2, 0.25) is 10.0 Å². The van der Waals surface area contributed by atoms with Crippen LogP contribution in [0.1, 0.15) is 39.2 Å². The summed E-state index contributed by atoms with van der Waals surface area (Å²) in [5.41, 5.74) is 0.800. The molecule has 0 saturated heterocycles. The van der Waals surface area contributed by atoms with Crippen LogP contribution in [-0.2, 0) is 16.4 Å². The van der Waals surface area contributed by atoms with E-state index in [-0.39, 0.29) is 5.75 Å². The molecule has 0 unspecified atom stereocenters. The van der Waals surface area contributed by atoms with Crippen LogP contribution in [0.15, 0.2) is 30.3 Å². The zero-order chi connectivity index (χ0) is 15.8. The Morgan fingerprint density at radius 2 is 1.76 bits per heavy atom. The van der Waals surface area contributed by atoms with Gasteiger partial charge in [0.15, 0.2) is 0 Å². The lowest BCUT2D eigenvalue weighted by molar-refractivity contribution is 0.422. The van der Waals surface area contributed by atoms with Crippen LogP contribution in [0.4, 0.5) is 0 Å². The fraction of sp³-hybridized carbons (Fsp3) is 0.625. The van der Waals surface area contributed by atoms with Crippen LogP contribution >= 0.6 is 0 Å². The molecule has 2 N–H and O–H groups in total. The number of sulfonamides is 1. The highest BCUT2D eigenvalue weighted by atomic mass is 32.2. The van der Waals surface area contributed by atoms with Crippen molar-refractivity contribution in [3.05, 3.63) is 35.9 Å². The number of nitrogens with one attached hydrogen (secondary N) is 2. The van der Waals surface area contributed by atoms with Gasteiger partial charge in [-0.2, -0.15) is 0 Å². The molecule has 0 saturated carbocycles.